The van der Waals surface area contributed by atoms with Gasteiger partial charge in [-0.15, -0.1) is 11.3 Å². The SMILES string of the molecule is CC.OC1CC(COSI)OC(c2ccc(Cl)c(Cc3ncc(-c4ccco4)s3)c2)C1. The zero-order valence-corrected chi connectivity index (χ0v) is 21.8. The number of aliphatic hydroxyl groups excluding tert-OH is 1. The van der Waals surface area contributed by atoms with E-state index in [1.54, 1.807) is 17.6 Å². The molecule has 0 amide bonds. The van der Waals surface area contributed by atoms with Gasteiger partial charge in [0.1, 0.15) is 5.76 Å². The van der Waals surface area contributed by atoms with Gasteiger partial charge in [-0.05, 0) is 29.3 Å². The van der Waals surface area contributed by atoms with Gasteiger partial charge in [-0.1, -0.05) is 37.6 Å². The minimum atomic E-state index is -0.407. The highest BCUT2D eigenvalue weighted by atomic mass is 127. The molecule has 1 N–H and O–H groups in total. The smallest absolute Gasteiger partial charge is 0.145 e. The normalized spacial score (nSPS) is 20.9. The molecule has 168 valence electrons. The van der Waals surface area contributed by atoms with Crippen LogP contribution in [0.3, 0.4) is 0 Å². The average molecular weight is 594 g/mol. The number of rotatable bonds is 7. The van der Waals surface area contributed by atoms with Crippen molar-refractivity contribution >= 4 is 53.4 Å². The van der Waals surface area contributed by atoms with Crippen LogP contribution in [0.1, 0.15) is 48.9 Å². The van der Waals surface area contributed by atoms with Crippen molar-refractivity contribution in [1.29, 1.82) is 0 Å². The number of nitrogens with zero attached hydrogens (tertiary/aromatic N) is 1. The van der Waals surface area contributed by atoms with Gasteiger partial charge in [-0.3, -0.25) is 0 Å². The van der Waals surface area contributed by atoms with E-state index < -0.39 is 6.10 Å². The van der Waals surface area contributed by atoms with Gasteiger partial charge in [-0.2, -0.15) is 0 Å². The Morgan fingerprint density at radius 1 is 1.32 bits per heavy atom. The van der Waals surface area contributed by atoms with Crippen molar-refractivity contribution in [1.82, 2.24) is 4.98 Å². The lowest BCUT2D eigenvalue weighted by Gasteiger charge is -2.33. The predicted octanol–water partition coefficient (Wildman–Crippen LogP) is 7.27. The Kier molecular flexibility index (Phi) is 10.1. The minimum absolute atomic E-state index is 0.125. The molecule has 3 unspecified atom stereocenters. The summed E-state index contributed by atoms with van der Waals surface area (Å²) in [4.78, 5) is 5.51. The Morgan fingerprint density at radius 3 is 2.90 bits per heavy atom. The van der Waals surface area contributed by atoms with Crippen LogP contribution in [0.4, 0.5) is 0 Å². The first-order chi connectivity index (χ1) is 15.1. The number of aliphatic hydroxyl groups is 1. The third kappa shape index (κ3) is 6.93. The molecule has 1 saturated heterocycles. The van der Waals surface area contributed by atoms with Crippen molar-refractivity contribution in [3.8, 4) is 10.6 Å². The lowest BCUT2D eigenvalue weighted by atomic mass is 9.95. The van der Waals surface area contributed by atoms with E-state index in [0.717, 1.165) is 26.8 Å². The zero-order chi connectivity index (χ0) is 22.2. The number of thiazole rings is 1. The molecule has 1 aliphatic heterocycles. The topological polar surface area (TPSA) is 64.7 Å². The van der Waals surface area contributed by atoms with E-state index in [1.807, 2.05) is 44.3 Å². The average Bonchev–Trinajstić information content (AvgIpc) is 3.47. The number of benzene rings is 1. The second-order valence-corrected chi connectivity index (χ2v) is 9.81. The fourth-order valence-corrected chi connectivity index (χ4v) is 5.17. The summed E-state index contributed by atoms with van der Waals surface area (Å²) in [7, 11) is 1.28. The predicted molar refractivity (Wildman–Crippen MR) is 136 cm³/mol. The second-order valence-electron chi connectivity index (χ2n) is 6.84. The van der Waals surface area contributed by atoms with E-state index >= 15 is 0 Å². The van der Waals surface area contributed by atoms with Gasteiger partial charge in [0.25, 0.3) is 0 Å². The molecule has 3 atom stereocenters. The number of halogens is 2. The quantitative estimate of drug-likeness (QED) is 0.230. The molecule has 1 aromatic carbocycles. The molecule has 3 aromatic rings. The standard InChI is InChI=1S/C20H19ClINO4S2.C2H6/c21-16-4-3-12(18-9-14(24)8-15(27-18)11-26-29-22)6-13(16)7-20-23-10-19(28-20)17-2-1-5-25-17;1-2/h1-6,10,14-15,18,24H,7-9,11H2;1-2H3. The van der Waals surface area contributed by atoms with Gasteiger partial charge in [0.05, 0.1) is 50.3 Å². The molecule has 1 fully saturated rings. The highest BCUT2D eigenvalue weighted by Gasteiger charge is 2.30. The molecule has 4 rings (SSSR count). The number of ether oxygens (including phenoxy) is 1. The molecule has 1 aliphatic rings. The van der Waals surface area contributed by atoms with Crippen molar-refractivity contribution in [2.24, 2.45) is 0 Å². The van der Waals surface area contributed by atoms with Gasteiger partial charge in [0.2, 0.25) is 0 Å². The molecule has 0 saturated carbocycles. The number of hydrogen-bond donors (Lipinski definition) is 1. The Balaban J connectivity index is 0.00000132. The Hall–Kier alpha value is -0.620. The summed E-state index contributed by atoms with van der Waals surface area (Å²) in [5, 5.41) is 11.9. The lowest BCUT2D eigenvalue weighted by Crippen LogP contribution is -2.33. The Morgan fingerprint density at radius 2 is 2.16 bits per heavy atom. The Labute approximate surface area is 208 Å². The summed E-state index contributed by atoms with van der Waals surface area (Å²) < 4.78 is 17.0. The zero-order valence-electron chi connectivity index (χ0n) is 17.3. The van der Waals surface area contributed by atoms with E-state index in [9.17, 15) is 5.11 Å². The van der Waals surface area contributed by atoms with Crippen molar-refractivity contribution in [3.63, 3.8) is 0 Å². The van der Waals surface area contributed by atoms with Crippen LogP contribution in [0.15, 0.2) is 47.2 Å². The Bertz CT molecular complexity index is 938. The largest absolute Gasteiger partial charge is 0.463 e. The summed E-state index contributed by atoms with van der Waals surface area (Å²) in [6.45, 7) is 4.45. The summed E-state index contributed by atoms with van der Waals surface area (Å²) in [5.74, 6) is 0.816. The number of hydrogen-bond acceptors (Lipinski definition) is 7. The van der Waals surface area contributed by atoms with E-state index in [0.29, 0.717) is 30.9 Å². The fraction of sp³-hybridized carbons (Fsp3) is 0.409. The first-order valence-electron chi connectivity index (χ1n) is 10.1. The molecular formula is C22H25ClINO4S2. The van der Waals surface area contributed by atoms with Gasteiger partial charge in [-0.25, -0.2) is 4.98 Å². The van der Waals surface area contributed by atoms with Crippen molar-refractivity contribution in [2.75, 3.05) is 6.61 Å². The van der Waals surface area contributed by atoms with Crippen molar-refractivity contribution in [3.05, 3.63) is 63.9 Å². The maximum Gasteiger partial charge on any atom is 0.145 e. The van der Waals surface area contributed by atoms with E-state index in [4.69, 9.17) is 24.9 Å². The number of aromatic nitrogens is 1. The fourth-order valence-electron chi connectivity index (χ4n) is 3.43. The van der Waals surface area contributed by atoms with E-state index in [1.165, 1.54) is 9.21 Å². The third-order valence-electron chi connectivity index (χ3n) is 4.78. The van der Waals surface area contributed by atoms with Crippen molar-refractivity contribution in [2.45, 2.75) is 51.4 Å². The molecule has 0 aliphatic carbocycles. The van der Waals surface area contributed by atoms with Crippen LogP contribution < -0.4 is 0 Å². The minimum Gasteiger partial charge on any atom is -0.463 e. The first kappa shape index (κ1) is 25.0. The monoisotopic (exact) mass is 593 g/mol. The van der Waals surface area contributed by atoms with Crippen LogP contribution in [-0.4, -0.2) is 28.9 Å². The van der Waals surface area contributed by atoms with Crippen LogP contribution in [0, 0.1) is 0 Å². The van der Waals surface area contributed by atoms with Crippen molar-refractivity contribution < 1.29 is 18.4 Å². The molecular weight excluding hydrogens is 569 g/mol. The lowest BCUT2D eigenvalue weighted by molar-refractivity contribution is -0.108. The van der Waals surface area contributed by atoms with Gasteiger partial charge < -0.3 is 18.4 Å². The highest BCUT2D eigenvalue weighted by Crippen LogP contribution is 2.35. The summed E-state index contributed by atoms with van der Waals surface area (Å²) in [6, 6.07) is 9.71. The highest BCUT2D eigenvalue weighted by molar-refractivity contribution is 14.2. The van der Waals surface area contributed by atoms with Gasteiger partial charge in [0.15, 0.2) is 0 Å². The maximum absolute atomic E-state index is 10.3. The molecule has 31 heavy (non-hydrogen) atoms. The first-order valence-corrected chi connectivity index (χ1v) is 14.6. The molecule has 0 bridgehead atoms. The molecule has 2 aromatic heterocycles. The third-order valence-corrected chi connectivity index (χ3v) is 7.15. The summed E-state index contributed by atoms with van der Waals surface area (Å²) in [5.41, 5.74) is 2.00. The van der Waals surface area contributed by atoms with Crippen LogP contribution in [0.5, 0.6) is 0 Å². The van der Waals surface area contributed by atoms with Gasteiger partial charge in [0, 0.05) is 51.7 Å². The molecule has 3 heterocycles. The van der Waals surface area contributed by atoms with Crippen LogP contribution in [0.25, 0.3) is 10.6 Å². The molecule has 5 nitrogen and oxygen atoms in total. The molecule has 0 radical (unpaired) electrons. The number of furan rings is 1. The van der Waals surface area contributed by atoms with E-state index in [2.05, 4.69) is 32.3 Å². The van der Waals surface area contributed by atoms with E-state index in [-0.39, 0.29) is 12.2 Å². The van der Waals surface area contributed by atoms with Crippen LogP contribution in [-0.2, 0) is 15.3 Å². The molecule has 9 heteroatoms. The van der Waals surface area contributed by atoms with Crippen LogP contribution in [0.2, 0.25) is 5.02 Å². The summed E-state index contributed by atoms with van der Waals surface area (Å²) in [6.07, 6.45) is 4.55. The van der Waals surface area contributed by atoms with Crippen LogP contribution >= 0.6 is 53.4 Å². The summed E-state index contributed by atoms with van der Waals surface area (Å²) >= 11 is 10.1. The molecule has 0 spiro atoms. The maximum atomic E-state index is 10.3. The second kappa shape index (κ2) is 12.6. The van der Waals surface area contributed by atoms with Gasteiger partial charge >= 0.3 is 0 Å².